The first-order chi connectivity index (χ1) is 15.2. The first kappa shape index (κ1) is 23.0. The van der Waals surface area contributed by atoms with E-state index in [4.69, 9.17) is 4.52 Å². The fraction of sp³-hybridized carbons (Fsp3) is 0.190. The van der Waals surface area contributed by atoms with Crippen LogP contribution in [0.2, 0.25) is 0 Å². The summed E-state index contributed by atoms with van der Waals surface area (Å²) < 4.78 is 32.4. The fourth-order valence-electron chi connectivity index (χ4n) is 2.94. The number of hydrogen-bond acceptors (Lipinski definition) is 6. The molecule has 2 aromatic carbocycles. The number of para-hydroxylation sites is 1. The number of anilines is 3. The molecule has 1 heterocycles. The summed E-state index contributed by atoms with van der Waals surface area (Å²) in [5.41, 5.74) is 1.67. The molecule has 32 heavy (non-hydrogen) atoms. The predicted octanol–water partition coefficient (Wildman–Crippen LogP) is 3.24. The number of carbonyl (C=O) groups is 2. The zero-order valence-electron chi connectivity index (χ0n) is 17.7. The van der Waals surface area contributed by atoms with Crippen LogP contribution in [0.5, 0.6) is 0 Å². The van der Waals surface area contributed by atoms with Gasteiger partial charge in [-0.25, -0.2) is 13.2 Å². The highest BCUT2D eigenvalue weighted by Gasteiger charge is 2.28. The van der Waals surface area contributed by atoms with Crippen LogP contribution in [0.25, 0.3) is 0 Å². The number of nitrogens with zero attached hydrogens (tertiary/aromatic N) is 1. The van der Waals surface area contributed by atoms with Gasteiger partial charge in [-0.2, -0.15) is 4.72 Å². The van der Waals surface area contributed by atoms with Crippen LogP contribution < -0.4 is 20.7 Å². The first-order valence-corrected chi connectivity index (χ1v) is 11.1. The molecule has 0 radical (unpaired) electrons. The zero-order valence-corrected chi connectivity index (χ0v) is 18.5. The van der Waals surface area contributed by atoms with Crippen LogP contribution in [0.1, 0.15) is 18.4 Å². The van der Waals surface area contributed by atoms with Crippen molar-refractivity contribution in [1.29, 1.82) is 0 Å². The van der Waals surface area contributed by atoms with Gasteiger partial charge in [0.05, 0.1) is 6.04 Å². The largest absolute Gasteiger partial charge is 0.360 e. The number of urea groups is 1. The van der Waals surface area contributed by atoms with Crippen molar-refractivity contribution in [3.8, 4) is 0 Å². The maximum absolute atomic E-state index is 12.6. The Labute approximate surface area is 185 Å². The topological polar surface area (TPSA) is 142 Å². The second-order valence-corrected chi connectivity index (χ2v) is 8.66. The van der Waals surface area contributed by atoms with Crippen molar-refractivity contribution in [3.63, 3.8) is 0 Å². The minimum Gasteiger partial charge on any atom is -0.360 e. The summed E-state index contributed by atoms with van der Waals surface area (Å²) in [6, 6.07) is 13.9. The first-order valence-electron chi connectivity index (χ1n) is 9.65. The summed E-state index contributed by atoms with van der Waals surface area (Å²) >= 11 is 0. The summed E-state index contributed by atoms with van der Waals surface area (Å²) in [6.45, 7) is 4.40. The molecular weight excluding hydrogens is 434 g/mol. The molecule has 3 amide bonds. The van der Waals surface area contributed by atoms with Crippen molar-refractivity contribution in [2.75, 3.05) is 16.0 Å². The lowest BCUT2D eigenvalue weighted by Crippen LogP contribution is -2.41. The number of carbonyl (C=O) groups excluding carboxylic acids is 2. The van der Waals surface area contributed by atoms with Crippen molar-refractivity contribution in [3.05, 3.63) is 66.1 Å². The van der Waals surface area contributed by atoms with Gasteiger partial charge in [0.15, 0.2) is 5.76 Å². The van der Waals surface area contributed by atoms with E-state index in [-0.39, 0.29) is 16.3 Å². The molecule has 10 nitrogen and oxygen atoms in total. The summed E-state index contributed by atoms with van der Waals surface area (Å²) in [4.78, 5) is 24.6. The van der Waals surface area contributed by atoms with E-state index in [1.807, 2.05) is 6.07 Å². The quantitative estimate of drug-likeness (QED) is 0.429. The Balaban J connectivity index is 1.62. The van der Waals surface area contributed by atoms with Crippen LogP contribution in [-0.4, -0.2) is 31.6 Å². The van der Waals surface area contributed by atoms with E-state index in [0.717, 1.165) is 0 Å². The van der Waals surface area contributed by atoms with Gasteiger partial charge in [0, 0.05) is 17.1 Å². The zero-order chi connectivity index (χ0) is 23.3. The molecule has 3 aromatic rings. The number of benzene rings is 2. The van der Waals surface area contributed by atoms with Crippen molar-refractivity contribution in [1.82, 2.24) is 9.88 Å². The van der Waals surface area contributed by atoms with E-state index in [9.17, 15) is 18.0 Å². The Bertz CT molecular complexity index is 1200. The molecule has 1 atom stereocenters. The second kappa shape index (κ2) is 9.62. The van der Waals surface area contributed by atoms with Gasteiger partial charge in [0.2, 0.25) is 15.9 Å². The van der Waals surface area contributed by atoms with Gasteiger partial charge < -0.3 is 20.5 Å². The van der Waals surface area contributed by atoms with E-state index in [1.165, 1.54) is 20.8 Å². The highest BCUT2D eigenvalue weighted by Crippen LogP contribution is 2.20. The van der Waals surface area contributed by atoms with Crippen molar-refractivity contribution >= 4 is 39.0 Å². The minimum atomic E-state index is -4.00. The van der Waals surface area contributed by atoms with Gasteiger partial charge in [-0.15, -0.1) is 0 Å². The second-order valence-electron chi connectivity index (χ2n) is 7.01. The number of sulfonamides is 1. The smallest absolute Gasteiger partial charge is 0.323 e. The number of hydrogen-bond donors (Lipinski definition) is 4. The molecule has 0 bridgehead atoms. The average Bonchev–Trinajstić information content (AvgIpc) is 3.07. The lowest BCUT2D eigenvalue weighted by Gasteiger charge is -2.15. The minimum absolute atomic E-state index is 0.0900. The summed E-state index contributed by atoms with van der Waals surface area (Å²) in [5.74, 6) is -0.443. The Hall–Kier alpha value is -3.70. The molecule has 168 valence electrons. The van der Waals surface area contributed by atoms with Gasteiger partial charge in [-0.05, 0) is 51.1 Å². The molecule has 0 unspecified atom stereocenters. The molecular formula is C21H23N5O5S. The third kappa shape index (κ3) is 5.71. The molecule has 4 N–H and O–H groups in total. The average molecular weight is 458 g/mol. The molecule has 0 fully saturated rings. The molecule has 11 heteroatoms. The lowest BCUT2D eigenvalue weighted by atomic mass is 10.2. The highest BCUT2D eigenvalue weighted by molar-refractivity contribution is 7.89. The van der Waals surface area contributed by atoms with Gasteiger partial charge in [-0.1, -0.05) is 29.4 Å². The van der Waals surface area contributed by atoms with E-state index in [2.05, 4.69) is 25.8 Å². The molecule has 3 rings (SSSR count). The number of amides is 3. The maximum atomic E-state index is 12.6. The molecule has 0 aliphatic rings. The van der Waals surface area contributed by atoms with Crippen LogP contribution in [0, 0.1) is 13.8 Å². The van der Waals surface area contributed by atoms with Gasteiger partial charge in [0.25, 0.3) is 0 Å². The molecule has 0 aliphatic heterocycles. The van der Waals surface area contributed by atoms with Crippen molar-refractivity contribution in [2.45, 2.75) is 31.7 Å². The Morgan fingerprint density at radius 3 is 2.12 bits per heavy atom. The third-order valence-corrected chi connectivity index (χ3v) is 6.17. The van der Waals surface area contributed by atoms with Crippen LogP contribution in [-0.2, 0) is 14.8 Å². The van der Waals surface area contributed by atoms with E-state index < -0.39 is 28.0 Å². The molecule has 0 spiro atoms. The monoisotopic (exact) mass is 457 g/mol. The number of aromatic nitrogens is 1. The predicted molar refractivity (Wildman–Crippen MR) is 120 cm³/mol. The normalized spacial score (nSPS) is 12.1. The third-order valence-electron chi connectivity index (χ3n) is 4.38. The Morgan fingerprint density at radius 2 is 1.50 bits per heavy atom. The summed E-state index contributed by atoms with van der Waals surface area (Å²) in [5, 5.41) is 11.6. The lowest BCUT2D eigenvalue weighted by molar-refractivity contribution is -0.117. The molecule has 0 saturated carbocycles. The van der Waals surface area contributed by atoms with Crippen molar-refractivity contribution < 1.29 is 22.5 Å². The molecule has 0 aliphatic carbocycles. The Kier molecular flexibility index (Phi) is 6.91. The number of rotatable bonds is 7. The summed E-state index contributed by atoms with van der Waals surface area (Å²) in [6.07, 6.45) is 0. The van der Waals surface area contributed by atoms with Gasteiger partial charge in [0.1, 0.15) is 10.6 Å². The SMILES string of the molecule is Cc1noc(C)c1S(=O)(=O)N[C@@H](C)C(=O)Nc1cccc(NC(=O)Nc2ccccc2)c1. The van der Waals surface area contributed by atoms with E-state index in [1.54, 1.807) is 48.5 Å². The molecule has 1 aromatic heterocycles. The van der Waals surface area contributed by atoms with Crippen LogP contribution in [0.3, 0.4) is 0 Å². The highest BCUT2D eigenvalue weighted by atomic mass is 32.2. The number of aryl methyl sites for hydroxylation is 2. The van der Waals surface area contributed by atoms with Crippen LogP contribution in [0.4, 0.5) is 21.9 Å². The van der Waals surface area contributed by atoms with Crippen molar-refractivity contribution in [2.24, 2.45) is 0 Å². The van der Waals surface area contributed by atoms with Gasteiger partial charge >= 0.3 is 6.03 Å². The van der Waals surface area contributed by atoms with E-state index >= 15 is 0 Å². The fourth-order valence-corrected chi connectivity index (χ4v) is 4.48. The standard InChI is InChI=1S/C21H23N5O5S/c1-13-19(15(3)31-25-13)32(29,30)26-14(2)20(27)22-17-10-7-11-18(12-17)24-21(28)23-16-8-5-4-6-9-16/h4-12,14,26H,1-3H3,(H,22,27)(H2,23,24,28)/t14-/m0/s1. The number of nitrogens with one attached hydrogen (secondary N) is 4. The van der Waals surface area contributed by atoms with Crippen LogP contribution in [0.15, 0.2) is 64.0 Å². The molecule has 0 saturated heterocycles. The Morgan fingerprint density at radius 1 is 0.906 bits per heavy atom. The summed E-state index contributed by atoms with van der Waals surface area (Å²) in [7, 11) is -4.00. The maximum Gasteiger partial charge on any atom is 0.323 e. The van der Waals surface area contributed by atoms with Crippen LogP contribution >= 0.6 is 0 Å². The van der Waals surface area contributed by atoms with Gasteiger partial charge in [-0.3, -0.25) is 4.79 Å². The van der Waals surface area contributed by atoms with E-state index in [0.29, 0.717) is 17.1 Å².